The highest BCUT2D eigenvalue weighted by Gasteiger charge is 2.19. The van der Waals surface area contributed by atoms with Crippen LogP contribution in [0.2, 0.25) is 0 Å². The van der Waals surface area contributed by atoms with Gasteiger partial charge in [0.25, 0.3) is 0 Å². The van der Waals surface area contributed by atoms with Crippen molar-refractivity contribution in [2.75, 3.05) is 11.9 Å². The molecule has 1 rings (SSSR count). The topological polar surface area (TPSA) is 78.4 Å². The van der Waals surface area contributed by atoms with Crippen molar-refractivity contribution in [1.29, 1.82) is 0 Å². The summed E-state index contributed by atoms with van der Waals surface area (Å²) in [7, 11) is 0. The second kappa shape index (κ2) is 7.67. The van der Waals surface area contributed by atoms with Gasteiger partial charge < -0.3 is 15.7 Å². The van der Waals surface area contributed by atoms with E-state index in [1.54, 1.807) is 0 Å². The van der Waals surface area contributed by atoms with Crippen LogP contribution in [-0.4, -0.2) is 23.7 Å². The van der Waals surface area contributed by atoms with Gasteiger partial charge >= 0.3 is 12.0 Å². The van der Waals surface area contributed by atoms with Crippen molar-refractivity contribution in [3.05, 3.63) is 29.8 Å². The number of hydrogen-bond donors (Lipinski definition) is 3. The summed E-state index contributed by atoms with van der Waals surface area (Å²) in [6, 6.07) is 7.35. The minimum atomic E-state index is -0.784. The molecule has 5 nitrogen and oxygen atoms in total. The summed E-state index contributed by atoms with van der Waals surface area (Å²) in [5, 5.41) is 14.3. The standard InChI is InChI=1S/C16H24N2O3/c1-12-5-4-6-13(11-12)18-15(21)17-10-9-16(2,3)8-7-14(19)20/h4-6,11H,7-10H2,1-3H3,(H,19,20)(H2,17,18,21). The number of urea groups is 1. The average Bonchev–Trinajstić information content (AvgIpc) is 2.36. The molecule has 2 amide bonds. The fraction of sp³-hybridized carbons (Fsp3) is 0.500. The van der Waals surface area contributed by atoms with Crippen molar-refractivity contribution in [3.63, 3.8) is 0 Å². The van der Waals surface area contributed by atoms with Crippen molar-refractivity contribution >= 4 is 17.7 Å². The highest BCUT2D eigenvalue weighted by molar-refractivity contribution is 5.89. The molecule has 0 spiro atoms. The van der Waals surface area contributed by atoms with E-state index < -0.39 is 5.97 Å². The molecular formula is C16H24N2O3. The molecule has 3 N–H and O–H groups in total. The molecule has 0 bridgehead atoms. The molecule has 0 saturated carbocycles. The Hall–Kier alpha value is -2.04. The third-order valence-corrected chi connectivity index (χ3v) is 3.38. The molecule has 1 aromatic rings. The molecule has 0 fully saturated rings. The molecule has 5 heteroatoms. The Bertz CT molecular complexity index is 498. The fourth-order valence-corrected chi connectivity index (χ4v) is 1.98. The Balaban J connectivity index is 2.31. The molecule has 1 aromatic carbocycles. The zero-order valence-electron chi connectivity index (χ0n) is 12.9. The minimum absolute atomic E-state index is 0.102. The zero-order valence-corrected chi connectivity index (χ0v) is 12.9. The first kappa shape index (κ1) is 17.0. The molecule has 0 unspecified atom stereocenters. The Kier molecular flexibility index (Phi) is 6.21. The van der Waals surface area contributed by atoms with Gasteiger partial charge in [-0.05, 0) is 42.9 Å². The maximum atomic E-state index is 11.8. The molecule has 0 saturated heterocycles. The van der Waals surface area contributed by atoms with E-state index in [2.05, 4.69) is 10.6 Å². The van der Waals surface area contributed by atoms with Crippen molar-refractivity contribution in [1.82, 2.24) is 5.32 Å². The van der Waals surface area contributed by atoms with Crippen molar-refractivity contribution in [3.8, 4) is 0 Å². The van der Waals surface area contributed by atoms with E-state index in [4.69, 9.17) is 5.11 Å². The number of carbonyl (C=O) groups is 2. The summed E-state index contributed by atoms with van der Waals surface area (Å²) >= 11 is 0. The van der Waals surface area contributed by atoms with Gasteiger partial charge in [0.1, 0.15) is 0 Å². The molecule has 0 aliphatic carbocycles. The Morgan fingerprint density at radius 3 is 2.57 bits per heavy atom. The van der Waals surface area contributed by atoms with Crippen LogP contribution in [0.4, 0.5) is 10.5 Å². The zero-order chi connectivity index (χ0) is 15.9. The lowest BCUT2D eigenvalue weighted by molar-refractivity contribution is -0.137. The van der Waals surface area contributed by atoms with E-state index in [9.17, 15) is 9.59 Å². The molecule has 0 aliphatic heterocycles. The van der Waals surface area contributed by atoms with Crippen molar-refractivity contribution < 1.29 is 14.7 Å². The first-order valence-corrected chi connectivity index (χ1v) is 7.12. The van der Waals surface area contributed by atoms with Gasteiger partial charge in [0, 0.05) is 18.7 Å². The van der Waals surface area contributed by atoms with Gasteiger partial charge in [-0.15, -0.1) is 0 Å². The lowest BCUT2D eigenvalue weighted by Crippen LogP contribution is -2.32. The van der Waals surface area contributed by atoms with Crippen LogP contribution in [0.15, 0.2) is 24.3 Å². The Morgan fingerprint density at radius 2 is 1.95 bits per heavy atom. The maximum absolute atomic E-state index is 11.8. The second-order valence-electron chi connectivity index (χ2n) is 6.06. The summed E-state index contributed by atoms with van der Waals surface area (Å²) in [5.74, 6) is -0.784. The summed E-state index contributed by atoms with van der Waals surface area (Å²) in [6.45, 7) is 6.50. The molecule has 0 radical (unpaired) electrons. The number of aliphatic carboxylic acids is 1. The first-order chi connectivity index (χ1) is 9.78. The van der Waals surface area contributed by atoms with Crippen LogP contribution in [0.3, 0.4) is 0 Å². The summed E-state index contributed by atoms with van der Waals surface area (Å²) in [5.41, 5.74) is 1.75. The number of rotatable bonds is 7. The van der Waals surface area contributed by atoms with Gasteiger partial charge in [0.2, 0.25) is 0 Å². The number of aryl methyl sites for hydroxylation is 1. The highest BCUT2D eigenvalue weighted by Crippen LogP contribution is 2.25. The second-order valence-corrected chi connectivity index (χ2v) is 6.06. The minimum Gasteiger partial charge on any atom is -0.481 e. The van der Waals surface area contributed by atoms with Crippen LogP contribution in [0.5, 0.6) is 0 Å². The van der Waals surface area contributed by atoms with Crippen LogP contribution < -0.4 is 10.6 Å². The Labute approximate surface area is 125 Å². The number of carboxylic acids is 1. The van der Waals surface area contributed by atoms with Crippen LogP contribution in [-0.2, 0) is 4.79 Å². The molecule has 0 atom stereocenters. The molecule has 0 aromatic heterocycles. The molecule has 21 heavy (non-hydrogen) atoms. The summed E-state index contributed by atoms with van der Waals surface area (Å²) in [4.78, 5) is 22.3. The van der Waals surface area contributed by atoms with Gasteiger partial charge in [-0.2, -0.15) is 0 Å². The molecule has 0 heterocycles. The van der Waals surface area contributed by atoms with E-state index in [0.717, 1.165) is 17.7 Å². The third kappa shape index (κ3) is 7.34. The molecule has 116 valence electrons. The SMILES string of the molecule is Cc1cccc(NC(=O)NCCC(C)(C)CCC(=O)O)c1. The Morgan fingerprint density at radius 1 is 1.24 bits per heavy atom. The number of carbonyl (C=O) groups excluding carboxylic acids is 1. The smallest absolute Gasteiger partial charge is 0.319 e. The average molecular weight is 292 g/mol. The number of anilines is 1. The third-order valence-electron chi connectivity index (χ3n) is 3.38. The molecular weight excluding hydrogens is 268 g/mol. The summed E-state index contributed by atoms with van der Waals surface area (Å²) < 4.78 is 0. The van der Waals surface area contributed by atoms with E-state index in [0.29, 0.717) is 13.0 Å². The predicted octanol–water partition coefficient (Wildman–Crippen LogP) is 3.40. The highest BCUT2D eigenvalue weighted by atomic mass is 16.4. The van der Waals surface area contributed by atoms with Crippen LogP contribution in [0, 0.1) is 12.3 Å². The number of nitrogens with one attached hydrogen (secondary N) is 2. The normalized spacial score (nSPS) is 11.0. The monoisotopic (exact) mass is 292 g/mol. The number of benzene rings is 1. The number of amides is 2. The number of hydrogen-bond acceptors (Lipinski definition) is 2. The van der Waals surface area contributed by atoms with Gasteiger partial charge in [-0.3, -0.25) is 4.79 Å². The largest absolute Gasteiger partial charge is 0.481 e. The van der Waals surface area contributed by atoms with Crippen LogP contribution in [0.1, 0.15) is 38.7 Å². The lowest BCUT2D eigenvalue weighted by Gasteiger charge is -2.23. The van der Waals surface area contributed by atoms with Gasteiger partial charge in [-0.1, -0.05) is 26.0 Å². The first-order valence-electron chi connectivity index (χ1n) is 7.12. The van der Waals surface area contributed by atoms with Crippen LogP contribution >= 0.6 is 0 Å². The summed E-state index contributed by atoms with van der Waals surface area (Å²) in [6.07, 6.45) is 1.49. The van der Waals surface area contributed by atoms with Crippen LogP contribution in [0.25, 0.3) is 0 Å². The number of carboxylic acid groups (broad SMARTS) is 1. The molecule has 0 aliphatic rings. The van der Waals surface area contributed by atoms with E-state index in [-0.39, 0.29) is 17.9 Å². The van der Waals surface area contributed by atoms with Crippen molar-refractivity contribution in [2.45, 2.75) is 40.0 Å². The van der Waals surface area contributed by atoms with E-state index in [1.165, 1.54) is 0 Å². The van der Waals surface area contributed by atoms with Crippen molar-refractivity contribution in [2.24, 2.45) is 5.41 Å². The van der Waals surface area contributed by atoms with E-state index in [1.807, 2.05) is 45.0 Å². The van der Waals surface area contributed by atoms with Gasteiger partial charge in [0.05, 0.1) is 0 Å². The van der Waals surface area contributed by atoms with Gasteiger partial charge in [-0.25, -0.2) is 4.79 Å². The quantitative estimate of drug-likeness (QED) is 0.720. The van der Waals surface area contributed by atoms with Gasteiger partial charge in [0.15, 0.2) is 0 Å². The predicted molar refractivity (Wildman–Crippen MR) is 83.5 cm³/mol. The van der Waals surface area contributed by atoms with E-state index >= 15 is 0 Å². The maximum Gasteiger partial charge on any atom is 0.319 e. The lowest BCUT2D eigenvalue weighted by atomic mass is 9.84. The fourth-order valence-electron chi connectivity index (χ4n) is 1.98.